The minimum atomic E-state index is -0.384. The third kappa shape index (κ3) is 3.72. The first-order valence-electron chi connectivity index (χ1n) is 6.15. The highest BCUT2D eigenvalue weighted by Crippen LogP contribution is 2.23. The Kier molecular flexibility index (Phi) is 4.97. The van der Waals surface area contributed by atoms with Gasteiger partial charge in [0, 0.05) is 0 Å². The highest BCUT2D eigenvalue weighted by atomic mass is 16.5. The summed E-state index contributed by atoms with van der Waals surface area (Å²) < 4.78 is 5.59. The SMILES string of the molecule is CCNC(C)(CO)c1ccc(OC(C)C)cc1. The van der Waals surface area contributed by atoms with Gasteiger partial charge in [-0.1, -0.05) is 19.1 Å². The molecule has 0 heterocycles. The Labute approximate surface area is 104 Å². The predicted octanol–water partition coefficient (Wildman–Crippen LogP) is 2.29. The maximum Gasteiger partial charge on any atom is 0.119 e. The van der Waals surface area contributed by atoms with Crippen LogP contribution < -0.4 is 10.1 Å². The minimum Gasteiger partial charge on any atom is -0.491 e. The molecular weight excluding hydrogens is 214 g/mol. The third-order valence-corrected chi connectivity index (χ3v) is 2.75. The molecule has 3 nitrogen and oxygen atoms in total. The molecule has 1 unspecified atom stereocenters. The molecule has 0 aromatic heterocycles. The Hall–Kier alpha value is -1.06. The molecule has 0 aliphatic rings. The van der Waals surface area contributed by atoms with Gasteiger partial charge in [-0.05, 0) is 45.0 Å². The summed E-state index contributed by atoms with van der Waals surface area (Å²) in [4.78, 5) is 0. The van der Waals surface area contributed by atoms with E-state index in [1.807, 2.05) is 52.0 Å². The van der Waals surface area contributed by atoms with Crippen LogP contribution in [0.25, 0.3) is 0 Å². The molecule has 0 saturated heterocycles. The van der Waals surface area contributed by atoms with Crippen LogP contribution in [-0.2, 0) is 5.54 Å². The van der Waals surface area contributed by atoms with E-state index in [1.165, 1.54) is 0 Å². The van der Waals surface area contributed by atoms with E-state index < -0.39 is 0 Å². The first kappa shape index (κ1) is 14.0. The molecule has 1 rings (SSSR count). The Balaban J connectivity index is 2.85. The number of benzene rings is 1. The second-order valence-electron chi connectivity index (χ2n) is 4.71. The zero-order chi connectivity index (χ0) is 12.9. The molecule has 0 aliphatic heterocycles. The summed E-state index contributed by atoms with van der Waals surface area (Å²) in [7, 11) is 0. The first-order valence-corrected chi connectivity index (χ1v) is 6.15. The van der Waals surface area contributed by atoms with Crippen molar-refractivity contribution in [1.29, 1.82) is 0 Å². The van der Waals surface area contributed by atoms with Gasteiger partial charge in [-0.3, -0.25) is 0 Å². The fourth-order valence-electron chi connectivity index (χ4n) is 1.81. The summed E-state index contributed by atoms with van der Waals surface area (Å²) in [5.41, 5.74) is 0.684. The van der Waals surface area contributed by atoms with E-state index in [2.05, 4.69) is 5.32 Å². The van der Waals surface area contributed by atoms with Gasteiger partial charge in [-0.2, -0.15) is 0 Å². The van der Waals surface area contributed by atoms with Crippen LogP contribution in [0.1, 0.15) is 33.3 Å². The quantitative estimate of drug-likeness (QED) is 0.797. The Morgan fingerprint density at radius 2 is 1.88 bits per heavy atom. The number of nitrogens with one attached hydrogen (secondary N) is 1. The number of aliphatic hydroxyl groups excluding tert-OH is 1. The lowest BCUT2D eigenvalue weighted by atomic mass is 9.93. The van der Waals surface area contributed by atoms with Gasteiger partial charge in [-0.25, -0.2) is 0 Å². The van der Waals surface area contributed by atoms with Crippen molar-refractivity contribution in [3.05, 3.63) is 29.8 Å². The molecule has 1 aromatic carbocycles. The van der Waals surface area contributed by atoms with Gasteiger partial charge in [0.05, 0.1) is 18.2 Å². The largest absolute Gasteiger partial charge is 0.491 e. The van der Waals surface area contributed by atoms with Crippen LogP contribution in [0.2, 0.25) is 0 Å². The molecule has 96 valence electrons. The summed E-state index contributed by atoms with van der Waals surface area (Å²) in [5, 5.41) is 12.8. The van der Waals surface area contributed by atoms with Gasteiger partial charge in [-0.15, -0.1) is 0 Å². The van der Waals surface area contributed by atoms with Gasteiger partial charge < -0.3 is 15.2 Å². The molecule has 0 spiro atoms. The van der Waals surface area contributed by atoms with Crippen molar-refractivity contribution in [3.63, 3.8) is 0 Å². The van der Waals surface area contributed by atoms with Crippen LogP contribution in [0, 0.1) is 0 Å². The van der Waals surface area contributed by atoms with Crippen molar-refractivity contribution in [1.82, 2.24) is 5.32 Å². The molecule has 0 radical (unpaired) electrons. The van der Waals surface area contributed by atoms with Crippen molar-refractivity contribution in [2.75, 3.05) is 13.2 Å². The predicted molar refractivity (Wildman–Crippen MR) is 70.3 cm³/mol. The van der Waals surface area contributed by atoms with Gasteiger partial charge in [0.2, 0.25) is 0 Å². The van der Waals surface area contributed by atoms with Gasteiger partial charge in [0.1, 0.15) is 5.75 Å². The summed E-state index contributed by atoms with van der Waals surface area (Å²) >= 11 is 0. The number of aliphatic hydroxyl groups is 1. The molecule has 3 heteroatoms. The molecule has 2 N–H and O–H groups in total. The summed E-state index contributed by atoms with van der Waals surface area (Å²) in [6.07, 6.45) is 0.179. The topological polar surface area (TPSA) is 41.5 Å². The molecule has 17 heavy (non-hydrogen) atoms. The van der Waals surface area contributed by atoms with Crippen LogP contribution in [0.5, 0.6) is 5.75 Å². The lowest BCUT2D eigenvalue weighted by Crippen LogP contribution is -2.42. The number of ether oxygens (including phenoxy) is 1. The van der Waals surface area contributed by atoms with E-state index in [1.54, 1.807) is 0 Å². The molecule has 0 amide bonds. The van der Waals surface area contributed by atoms with Crippen molar-refractivity contribution < 1.29 is 9.84 Å². The molecule has 0 aliphatic carbocycles. The van der Waals surface area contributed by atoms with Crippen LogP contribution in [0.4, 0.5) is 0 Å². The molecule has 1 atom stereocenters. The maximum absolute atomic E-state index is 9.49. The number of hydrogen-bond acceptors (Lipinski definition) is 3. The summed E-state index contributed by atoms with van der Waals surface area (Å²) in [5.74, 6) is 0.862. The first-order chi connectivity index (χ1) is 8.01. The Morgan fingerprint density at radius 3 is 2.29 bits per heavy atom. The Morgan fingerprint density at radius 1 is 1.29 bits per heavy atom. The summed E-state index contributed by atoms with van der Waals surface area (Å²) in [6, 6.07) is 7.88. The van der Waals surface area contributed by atoms with Crippen molar-refractivity contribution >= 4 is 0 Å². The van der Waals surface area contributed by atoms with Gasteiger partial charge >= 0.3 is 0 Å². The number of hydrogen-bond donors (Lipinski definition) is 2. The lowest BCUT2D eigenvalue weighted by Gasteiger charge is -2.29. The Bertz CT molecular complexity index is 335. The average molecular weight is 237 g/mol. The molecule has 0 bridgehead atoms. The monoisotopic (exact) mass is 237 g/mol. The fraction of sp³-hybridized carbons (Fsp3) is 0.571. The summed E-state index contributed by atoms with van der Waals surface area (Å²) in [6.45, 7) is 8.93. The second-order valence-corrected chi connectivity index (χ2v) is 4.71. The van der Waals surface area contributed by atoms with Crippen LogP contribution in [0.15, 0.2) is 24.3 Å². The number of likely N-dealkylation sites (N-methyl/N-ethyl adjacent to an activating group) is 1. The lowest BCUT2D eigenvalue weighted by molar-refractivity contribution is 0.177. The maximum atomic E-state index is 9.49. The van der Waals surface area contributed by atoms with E-state index in [0.29, 0.717) is 0 Å². The third-order valence-electron chi connectivity index (χ3n) is 2.75. The van der Waals surface area contributed by atoms with Crippen LogP contribution in [0.3, 0.4) is 0 Å². The molecule has 1 aromatic rings. The van der Waals surface area contributed by atoms with E-state index in [0.717, 1.165) is 17.9 Å². The minimum absolute atomic E-state index is 0.0746. The molecular formula is C14H23NO2. The van der Waals surface area contributed by atoms with Crippen molar-refractivity contribution in [2.24, 2.45) is 0 Å². The van der Waals surface area contributed by atoms with Crippen molar-refractivity contribution in [2.45, 2.75) is 39.3 Å². The zero-order valence-corrected chi connectivity index (χ0v) is 11.2. The van der Waals surface area contributed by atoms with Gasteiger partial charge in [0.25, 0.3) is 0 Å². The fourth-order valence-corrected chi connectivity index (χ4v) is 1.81. The number of rotatable bonds is 6. The van der Waals surface area contributed by atoms with Crippen molar-refractivity contribution in [3.8, 4) is 5.75 Å². The van der Waals surface area contributed by atoms with E-state index in [4.69, 9.17) is 4.74 Å². The van der Waals surface area contributed by atoms with Gasteiger partial charge in [0.15, 0.2) is 0 Å². The van der Waals surface area contributed by atoms with Crippen LogP contribution >= 0.6 is 0 Å². The average Bonchev–Trinajstić information content (AvgIpc) is 2.29. The highest BCUT2D eigenvalue weighted by molar-refractivity contribution is 5.31. The second kappa shape index (κ2) is 6.03. The highest BCUT2D eigenvalue weighted by Gasteiger charge is 2.24. The van der Waals surface area contributed by atoms with E-state index in [-0.39, 0.29) is 18.2 Å². The van der Waals surface area contributed by atoms with E-state index in [9.17, 15) is 5.11 Å². The normalized spacial score (nSPS) is 14.7. The van der Waals surface area contributed by atoms with E-state index >= 15 is 0 Å². The smallest absolute Gasteiger partial charge is 0.119 e. The molecule has 0 saturated carbocycles. The van der Waals surface area contributed by atoms with Crippen LogP contribution in [-0.4, -0.2) is 24.4 Å². The molecule has 0 fully saturated rings. The zero-order valence-electron chi connectivity index (χ0n) is 11.2. The standard InChI is InChI=1S/C14H23NO2/c1-5-15-14(4,10-16)12-6-8-13(9-7-12)17-11(2)3/h6-9,11,15-16H,5,10H2,1-4H3.